The minimum absolute atomic E-state index is 0.163. The molecular weight excluding hydrogens is 288 g/mol. The second-order valence-corrected chi connectivity index (χ2v) is 8.32. The first-order valence-corrected chi connectivity index (χ1v) is 8.38. The largest absolute Gasteiger partial charge is 0.384 e. The maximum atomic E-state index is 10.5. The first-order valence-electron chi connectivity index (χ1n) is 7.56. The molecule has 1 atom stereocenters. The molecule has 0 heterocycles. The van der Waals surface area contributed by atoms with Crippen LogP contribution in [0.2, 0.25) is 0 Å². The molecule has 0 aliphatic carbocycles. The number of thioether (sulfide) groups is 1. The van der Waals surface area contributed by atoms with Crippen LogP contribution in [0.5, 0.6) is 0 Å². The van der Waals surface area contributed by atoms with E-state index >= 15 is 0 Å². The summed E-state index contributed by atoms with van der Waals surface area (Å²) in [4.78, 5) is 1.25. The molecule has 0 bridgehead atoms. The van der Waals surface area contributed by atoms with Crippen LogP contribution < -0.4 is 0 Å². The molecule has 0 saturated heterocycles. The highest BCUT2D eigenvalue weighted by molar-refractivity contribution is 8.00. The molecule has 0 fully saturated rings. The van der Waals surface area contributed by atoms with Crippen LogP contribution in [-0.2, 0) is 0 Å². The first kappa shape index (κ1) is 16.9. The molecule has 22 heavy (non-hydrogen) atoms. The number of benzene rings is 2. The SMILES string of the molecule is C/C(=C\c1ccccc1SC(C)(C)C)C(O)c1ccccc1. The molecule has 1 unspecified atom stereocenters. The summed E-state index contributed by atoms with van der Waals surface area (Å²) < 4.78 is 0.163. The zero-order valence-electron chi connectivity index (χ0n) is 13.7. The fraction of sp³-hybridized carbons (Fsp3) is 0.300. The molecule has 0 radical (unpaired) electrons. The summed E-state index contributed by atoms with van der Waals surface area (Å²) in [5.74, 6) is 0. The lowest BCUT2D eigenvalue weighted by molar-refractivity contribution is 0.217. The second-order valence-electron chi connectivity index (χ2n) is 6.45. The highest BCUT2D eigenvalue weighted by Crippen LogP contribution is 2.35. The van der Waals surface area contributed by atoms with Crippen molar-refractivity contribution >= 4 is 17.8 Å². The summed E-state index contributed by atoms with van der Waals surface area (Å²) >= 11 is 1.85. The second kappa shape index (κ2) is 7.17. The Morgan fingerprint density at radius 1 is 1.00 bits per heavy atom. The minimum atomic E-state index is -0.561. The summed E-state index contributed by atoms with van der Waals surface area (Å²) in [5.41, 5.74) is 3.04. The molecule has 0 aromatic heterocycles. The van der Waals surface area contributed by atoms with Gasteiger partial charge in [0.15, 0.2) is 0 Å². The first-order chi connectivity index (χ1) is 10.4. The van der Waals surface area contributed by atoms with E-state index in [2.05, 4.69) is 45.0 Å². The Labute approximate surface area is 138 Å². The molecule has 2 aromatic carbocycles. The van der Waals surface area contributed by atoms with Gasteiger partial charge in [-0.05, 0) is 29.7 Å². The Hall–Kier alpha value is -1.51. The minimum Gasteiger partial charge on any atom is -0.384 e. The van der Waals surface area contributed by atoms with Gasteiger partial charge in [-0.3, -0.25) is 0 Å². The van der Waals surface area contributed by atoms with Gasteiger partial charge in [0, 0.05) is 9.64 Å². The topological polar surface area (TPSA) is 20.2 Å². The van der Waals surface area contributed by atoms with Crippen molar-refractivity contribution in [2.24, 2.45) is 0 Å². The quantitative estimate of drug-likeness (QED) is 0.729. The number of aliphatic hydroxyl groups excluding tert-OH is 1. The van der Waals surface area contributed by atoms with Crippen LogP contribution >= 0.6 is 11.8 Å². The van der Waals surface area contributed by atoms with Crippen molar-refractivity contribution in [3.63, 3.8) is 0 Å². The monoisotopic (exact) mass is 312 g/mol. The third kappa shape index (κ3) is 4.75. The van der Waals surface area contributed by atoms with Gasteiger partial charge in [-0.15, -0.1) is 11.8 Å². The average Bonchev–Trinajstić information content (AvgIpc) is 2.48. The van der Waals surface area contributed by atoms with Crippen LogP contribution in [-0.4, -0.2) is 9.85 Å². The van der Waals surface area contributed by atoms with Crippen LogP contribution in [0.25, 0.3) is 6.08 Å². The lowest BCUT2D eigenvalue weighted by Crippen LogP contribution is -2.07. The van der Waals surface area contributed by atoms with Crippen LogP contribution in [0, 0.1) is 0 Å². The molecule has 0 saturated carbocycles. The van der Waals surface area contributed by atoms with E-state index < -0.39 is 6.10 Å². The Morgan fingerprint density at radius 2 is 1.59 bits per heavy atom. The van der Waals surface area contributed by atoms with Gasteiger partial charge >= 0.3 is 0 Å². The molecule has 0 aliphatic heterocycles. The van der Waals surface area contributed by atoms with Crippen molar-refractivity contribution in [2.75, 3.05) is 0 Å². The van der Waals surface area contributed by atoms with E-state index in [9.17, 15) is 5.11 Å². The van der Waals surface area contributed by atoms with Crippen molar-refractivity contribution in [3.8, 4) is 0 Å². The normalized spacial score (nSPS) is 14.0. The molecule has 2 aromatic rings. The van der Waals surface area contributed by atoms with Gasteiger partial charge in [-0.25, -0.2) is 0 Å². The van der Waals surface area contributed by atoms with Crippen molar-refractivity contribution in [1.29, 1.82) is 0 Å². The van der Waals surface area contributed by atoms with E-state index in [0.29, 0.717) is 0 Å². The smallest absolute Gasteiger partial charge is 0.100 e. The number of hydrogen-bond donors (Lipinski definition) is 1. The van der Waals surface area contributed by atoms with Gasteiger partial charge in [-0.2, -0.15) is 0 Å². The number of hydrogen-bond acceptors (Lipinski definition) is 2. The molecule has 2 rings (SSSR count). The maximum absolute atomic E-state index is 10.5. The molecule has 1 N–H and O–H groups in total. The summed E-state index contributed by atoms with van der Waals surface area (Å²) in [6.45, 7) is 8.62. The van der Waals surface area contributed by atoms with E-state index in [1.54, 1.807) is 0 Å². The maximum Gasteiger partial charge on any atom is 0.100 e. The zero-order valence-corrected chi connectivity index (χ0v) is 14.5. The highest BCUT2D eigenvalue weighted by Gasteiger charge is 2.15. The predicted octanol–water partition coefficient (Wildman–Crippen LogP) is 5.71. The van der Waals surface area contributed by atoms with E-state index in [4.69, 9.17) is 0 Å². The third-order valence-electron chi connectivity index (χ3n) is 3.26. The Bertz CT molecular complexity index is 638. The molecule has 116 valence electrons. The van der Waals surface area contributed by atoms with Crippen molar-refractivity contribution in [3.05, 3.63) is 71.3 Å². The molecule has 2 heteroatoms. The molecule has 1 nitrogen and oxygen atoms in total. The zero-order chi connectivity index (χ0) is 16.2. The van der Waals surface area contributed by atoms with Crippen LogP contribution in [0.4, 0.5) is 0 Å². The van der Waals surface area contributed by atoms with Crippen LogP contribution in [0.15, 0.2) is 65.1 Å². The molecular formula is C20H24OS. The molecule has 0 aliphatic rings. The number of rotatable bonds is 4. The van der Waals surface area contributed by atoms with Crippen molar-refractivity contribution in [2.45, 2.75) is 43.4 Å². The Morgan fingerprint density at radius 3 is 2.23 bits per heavy atom. The highest BCUT2D eigenvalue weighted by atomic mass is 32.2. The fourth-order valence-corrected chi connectivity index (χ4v) is 3.30. The standard InChI is InChI=1S/C20H24OS/c1-15(19(21)16-10-6-5-7-11-16)14-17-12-8-9-13-18(17)22-20(2,3)4/h5-14,19,21H,1-4H3/b15-14+. The van der Waals surface area contributed by atoms with Crippen LogP contribution in [0.3, 0.4) is 0 Å². The summed E-state index contributed by atoms with van der Waals surface area (Å²) in [7, 11) is 0. The van der Waals surface area contributed by atoms with Gasteiger partial charge in [0.1, 0.15) is 6.10 Å². The van der Waals surface area contributed by atoms with Crippen LogP contribution in [0.1, 0.15) is 44.9 Å². The third-order valence-corrected chi connectivity index (χ3v) is 4.47. The Kier molecular flexibility index (Phi) is 5.49. The lowest BCUT2D eigenvalue weighted by atomic mass is 10.0. The van der Waals surface area contributed by atoms with Gasteiger partial charge in [0.2, 0.25) is 0 Å². The summed E-state index contributed by atoms with van der Waals surface area (Å²) in [5, 5.41) is 10.5. The van der Waals surface area contributed by atoms with E-state index in [0.717, 1.165) is 16.7 Å². The van der Waals surface area contributed by atoms with Gasteiger partial charge in [-0.1, -0.05) is 75.4 Å². The fourth-order valence-electron chi connectivity index (χ4n) is 2.25. The van der Waals surface area contributed by atoms with E-state index in [-0.39, 0.29) is 4.75 Å². The van der Waals surface area contributed by atoms with E-state index in [1.165, 1.54) is 4.90 Å². The molecule has 0 amide bonds. The molecule has 0 spiro atoms. The van der Waals surface area contributed by atoms with Gasteiger partial charge in [0.25, 0.3) is 0 Å². The predicted molar refractivity (Wildman–Crippen MR) is 97.1 cm³/mol. The van der Waals surface area contributed by atoms with Crippen molar-refractivity contribution in [1.82, 2.24) is 0 Å². The number of aliphatic hydroxyl groups is 1. The summed E-state index contributed by atoms with van der Waals surface area (Å²) in [6.07, 6.45) is 1.53. The summed E-state index contributed by atoms with van der Waals surface area (Å²) in [6, 6.07) is 18.1. The lowest BCUT2D eigenvalue weighted by Gasteiger charge is -2.19. The van der Waals surface area contributed by atoms with Gasteiger partial charge < -0.3 is 5.11 Å². The van der Waals surface area contributed by atoms with E-state index in [1.807, 2.05) is 55.1 Å². The Balaban J connectivity index is 2.29. The van der Waals surface area contributed by atoms with Crippen molar-refractivity contribution < 1.29 is 5.11 Å². The van der Waals surface area contributed by atoms with Gasteiger partial charge in [0.05, 0.1) is 0 Å². The average molecular weight is 312 g/mol.